The number of imidazole rings is 1. The first-order valence-corrected chi connectivity index (χ1v) is 9.10. The third kappa shape index (κ3) is 3.98. The van der Waals surface area contributed by atoms with Crippen LogP contribution in [-0.4, -0.2) is 71.7 Å². The Balaban J connectivity index is 1.62. The van der Waals surface area contributed by atoms with E-state index < -0.39 is 0 Å². The average molecular weight is 334 g/mol. The van der Waals surface area contributed by atoms with Crippen molar-refractivity contribution in [2.75, 3.05) is 46.4 Å². The number of ether oxygens (including phenoxy) is 1. The van der Waals surface area contributed by atoms with Gasteiger partial charge in [-0.2, -0.15) is 0 Å². The second-order valence-electron chi connectivity index (χ2n) is 7.48. The number of methoxy groups -OCH3 is 1. The van der Waals surface area contributed by atoms with E-state index in [2.05, 4.69) is 9.88 Å². The zero-order valence-corrected chi connectivity index (χ0v) is 15.0. The predicted molar refractivity (Wildman–Crippen MR) is 92.9 cm³/mol. The van der Waals surface area contributed by atoms with Crippen LogP contribution in [0.2, 0.25) is 0 Å². The highest BCUT2D eigenvalue weighted by Gasteiger charge is 2.40. The van der Waals surface area contributed by atoms with Gasteiger partial charge in [-0.15, -0.1) is 0 Å². The van der Waals surface area contributed by atoms with Crippen molar-refractivity contribution in [3.05, 3.63) is 18.2 Å². The standard InChI is InChI=1S/C18H30N4O2/c1-20-12-16(19-15-20)17(23)22-10-4-7-18(14-22)6-3-8-21(13-18)9-5-11-24-2/h12,15H,3-11,13-14H2,1-2H3. The third-order valence-corrected chi connectivity index (χ3v) is 5.44. The van der Waals surface area contributed by atoms with Gasteiger partial charge in [0.15, 0.2) is 0 Å². The van der Waals surface area contributed by atoms with Gasteiger partial charge in [0.1, 0.15) is 5.69 Å². The second-order valence-corrected chi connectivity index (χ2v) is 7.48. The maximum atomic E-state index is 12.8. The number of hydrogen-bond donors (Lipinski definition) is 0. The number of nitrogens with zero attached hydrogens (tertiary/aromatic N) is 4. The van der Waals surface area contributed by atoms with Crippen molar-refractivity contribution in [1.29, 1.82) is 0 Å². The highest BCUT2D eigenvalue weighted by atomic mass is 16.5. The predicted octanol–water partition coefficient (Wildman–Crippen LogP) is 1.77. The molecule has 6 nitrogen and oxygen atoms in total. The molecule has 1 spiro atoms. The quantitative estimate of drug-likeness (QED) is 0.770. The molecular weight excluding hydrogens is 304 g/mol. The molecule has 1 aromatic heterocycles. The Morgan fingerprint density at radius 1 is 1.29 bits per heavy atom. The van der Waals surface area contributed by atoms with Crippen LogP contribution in [0.15, 0.2) is 12.5 Å². The van der Waals surface area contributed by atoms with Crippen LogP contribution in [0.1, 0.15) is 42.6 Å². The van der Waals surface area contributed by atoms with E-state index in [1.54, 1.807) is 13.4 Å². The van der Waals surface area contributed by atoms with Crippen molar-refractivity contribution in [3.63, 3.8) is 0 Å². The Hall–Kier alpha value is -1.40. The zero-order chi connectivity index (χ0) is 17.0. The molecule has 1 aromatic rings. The van der Waals surface area contributed by atoms with Crippen molar-refractivity contribution in [1.82, 2.24) is 19.4 Å². The monoisotopic (exact) mass is 334 g/mol. The number of aryl methyl sites for hydroxylation is 1. The van der Waals surface area contributed by atoms with Crippen LogP contribution in [0.3, 0.4) is 0 Å². The fourth-order valence-corrected chi connectivity index (χ4v) is 4.33. The zero-order valence-electron chi connectivity index (χ0n) is 15.0. The number of carbonyl (C=O) groups is 1. The maximum absolute atomic E-state index is 12.8. The Morgan fingerprint density at radius 3 is 2.79 bits per heavy atom. The van der Waals surface area contributed by atoms with E-state index in [-0.39, 0.29) is 11.3 Å². The molecule has 0 radical (unpaired) electrons. The average Bonchev–Trinajstić information content (AvgIpc) is 3.01. The molecule has 2 fully saturated rings. The SMILES string of the molecule is COCCCN1CCCC2(CCCN(C(=O)c3cn(C)cn3)C2)C1. The first kappa shape index (κ1) is 17.4. The van der Waals surface area contributed by atoms with E-state index in [4.69, 9.17) is 4.74 Å². The van der Waals surface area contributed by atoms with Gasteiger partial charge in [-0.25, -0.2) is 4.98 Å². The third-order valence-electron chi connectivity index (χ3n) is 5.44. The molecule has 6 heteroatoms. The minimum atomic E-state index is 0.0891. The lowest BCUT2D eigenvalue weighted by molar-refractivity contribution is 0.0115. The molecule has 3 rings (SSSR count). The van der Waals surface area contributed by atoms with Crippen molar-refractivity contribution >= 4 is 5.91 Å². The summed E-state index contributed by atoms with van der Waals surface area (Å²) in [6.45, 7) is 5.96. The molecule has 1 amide bonds. The normalized spacial score (nSPS) is 25.3. The van der Waals surface area contributed by atoms with Gasteiger partial charge in [-0.1, -0.05) is 0 Å². The lowest BCUT2D eigenvalue weighted by atomic mass is 9.73. The number of rotatable bonds is 5. The summed E-state index contributed by atoms with van der Waals surface area (Å²) in [6.07, 6.45) is 9.42. The lowest BCUT2D eigenvalue weighted by Gasteiger charge is -2.48. The summed E-state index contributed by atoms with van der Waals surface area (Å²) in [6, 6.07) is 0. The Morgan fingerprint density at radius 2 is 2.08 bits per heavy atom. The molecule has 0 aliphatic carbocycles. The molecule has 0 saturated carbocycles. The topological polar surface area (TPSA) is 50.6 Å². The van der Waals surface area contributed by atoms with Crippen molar-refractivity contribution in [3.8, 4) is 0 Å². The van der Waals surface area contributed by atoms with Crippen LogP contribution in [-0.2, 0) is 11.8 Å². The van der Waals surface area contributed by atoms with Crippen LogP contribution in [0.5, 0.6) is 0 Å². The van der Waals surface area contributed by atoms with Gasteiger partial charge in [-0.3, -0.25) is 4.79 Å². The highest BCUT2D eigenvalue weighted by molar-refractivity contribution is 5.92. The fourth-order valence-electron chi connectivity index (χ4n) is 4.33. The van der Waals surface area contributed by atoms with Crippen LogP contribution in [0, 0.1) is 5.41 Å². The number of amides is 1. The molecule has 0 N–H and O–H groups in total. The van der Waals surface area contributed by atoms with E-state index in [9.17, 15) is 4.79 Å². The number of hydrogen-bond acceptors (Lipinski definition) is 4. The molecule has 24 heavy (non-hydrogen) atoms. The Bertz CT molecular complexity index is 555. The lowest BCUT2D eigenvalue weighted by Crippen LogP contribution is -2.53. The molecule has 2 aliphatic rings. The minimum absolute atomic E-state index is 0.0891. The smallest absolute Gasteiger partial charge is 0.274 e. The van der Waals surface area contributed by atoms with Gasteiger partial charge in [0.05, 0.1) is 6.33 Å². The van der Waals surface area contributed by atoms with Crippen molar-refractivity contribution < 1.29 is 9.53 Å². The molecule has 3 heterocycles. The van der Waals surface area contributed by atoms with E-state index in [1.807, 2.05) is 22.7 Å². The molecule has 2 aliphatic heterocycles. The van der Waals surface area contributed by atoms with E-state index in [0.717, 1.165) is 45.6 Å². The molecule has 2 saturated heterocycles. The van der Waals surface area contributed by atoms with E-state index in [0.29, 0.717) is 5.69 Å². The summed E-state index contributed by atoms with van der Waals surface area (Å²) >= 11 is 0. The molecule has 1 atom stereocenters. The van der Waals surface area contributed by atoms with Crippen LogP contribution in [0.4, 0.5) is 0 Å². The van der Waals surface area contributed by atoms with Gasteiger partial charge >= 0.3 is 0 Å². The van der Waals surface area contributed by atoms with Crippen LogP contribution >= 0.6 is 0 Å². The van der Waals surface area contributed by atoms with Crippen molar-refractivity contribution in [2.45, 2.75) is 32.1 Å². The van der Waals surface area contributed by atoms with Crippen LogP contribution < -0.4 is 0 Å². The summed E-state index contributed by atoms with van der Waals surface area (Å²) in [5, 5.41) is 0. The van der Waals surface area contributed by atoms with Gasteiger partial charge in [0, 0.05) is 58.6 Å². The maximum Gasteiger partial charge on any atom is 0.274 e. The van der Waals surface area contributed by atoms with E-state index >= 15 is 0 Å². The Kier molecular flexibility index (Phi) is 5.56. The van der Waals surface area contributed by atoms with Gasteiger partial charge in [0.2, 0.25) is 0 Å². The van der Waals surface area contributed by atoms with E-state index in [1.165, 1.54) is 25.8 Å². The molecular formula is C18H30N4O2. The number of aromatic nitrogens is 2. The number of likely N-dealkylation sites (tertiary alicyclic amines) is 2. The number of carbonyl (C=O) groups excluding carboxylic acids is 1. The summed E-state index contributed by atoms with van der Waals surface area (Å²) in [5.41, 5.74) is 0.843. The highest BCUT2D eigenvalue weighted by Crippen LogP contribution is 2.38. The molecule has 1 unspecified atom stereocenters. The molecule has 134 valence electrons. The second kappa shape index (κ2) is 7.66. The van der Waals surface area contributed by atoms with Gasteiger partial charge < -0.3 is 19.1 Å². The Labute approximate surface area is 144 Å². The van der Waals surface area contributed by atoms with Crippen LogP contribution in [0.25, 0.3) is 0 Å². The molecule has 0 bridgehead atoms. The fraction of sp³-hybridized carbons (Fsp3) is 0.778. The van der Waals surface area contributed by atoms with Gasteiger partial charge in [-0.05, 0) is 38.6 Å². The summed E-state index contributed by atoms with van der Waals surface area (Å²) in [7, 11) is 3.67. The summed E-state index contributed by atoms with van der Waals surface area (Å²) in [5.74, 6) is 0.0891. The first-order chi connectivity index (χ1) is 11.6. The largest absolute Gasteiger partial charge is 0.385 e. The summed E-state index contributed by atoms with van der Waals surface area (Å²) < 4.78 is 7.02. The molecule has 0 aromatic carbocycles. The minimum Gasteiger partial charge on any atom is -0.385 e. The van der Waals surface area contributed by atoms with Gasteiger partial charge in [0.25, 0.3) is 5.91 Å². The number of piperidine rings is 2. The first-order valence-electron chi connectivity index (χ1n) is 9.10. The van der Waals surface area contributed by atoms with Crippen molar-refractivity contribution in [2.24, 2.45) is 12.5 Å². The summed E-state index contributed by atoms with van der Waals surface area (Å²) in [4.78, 5) is 21.6.